The molecule has 0 amide bonds. The van der Waals surface area contributed by atoms with Crippen molar-refractivity contribution in [3.05, 3.63) is 17.0 Å². The van der Waals surface area contributed by atoms with Crippen LogP contribution in [-0.4, -0.2) is 55.8 Å². The van der Waals surface area contributed by atoms with Gasteiger partial charge in [0.25, 0.3) is 0 Å². The highest BCUT2D eigenvalue weighted by molar-refractivity contribution is 5.79. The van der Waals surface area contributed by atoms with E-state index in [4.69, 9.17) is 9.47 Å². The average Bonchev–Trinajstić information content (AvgIpc) is 3.27. The molecule has 7 heteroatoms. The number of aliphatic imine (C=N–C) groups is 1. The fraction of sp³-hybridized carbons (Fsp3) is 0.789. The van der Waals surface area contributed by atoms with Gasteiger partial charge in [-0.25, -0.2) is 0 Å². The molecule has 1 aromatic rings. The Morgan fingerprint density at radius 1 is 1.35 bits per heavy atom. The zero-order chi connectivity index (χ0) is 18.8. The molecule has 1 unspecified atom stereocenters. The van der Waals surface area contributed by atoms with Crippen LogP contribution in [0.1, 0.15) is 43.6 Å². The molecule has 2 N–H and O–H groups in total. The van der Waals surface area contributed by atoms with Gasteiger partial charge in [-0.3, -0.25) is 9.67 Å². The topological polar surface area (TPSA) is 72.7 Å². The highest BCUT2D eigenvalue weighted by Gasteiger charge is 2.15. The van der Waals surface area contributed by atoms with Gasteiger partial charge in [0, 0.05) is 57.6 Å². The molecule has 26 heavy (non-hydrogen) atoms. The van der Waals surface area contributed by atoms with Gasteiger partial charge >= 0.3 is 0 Å². The van der Waals surface area contributed by atoms with E-state index in [0.29, 0.717) is 5.92 Å². The summed E-state index contributed by atoms with van der Waals surface area (Å²) in [6.45, 7) is 9.22. The third-order valence-electron chi connectivity index (χ3n) is 4.82. The molecule has 1 aliphatic rings. The molecule has 2 rings (SSSR count). The molecule has 1 aromatic heterocycles. The molecule has 0 aromatic carbocycles. The second-order valence-corrected chi connectivity index (χ2v) is 6.71. The van der Waals surface area contributed by atoms with E-state index >= 15 is 0 Å². The molecule has 0 spiro atoms. The molecule has 7 nitrogen and oxygen atoms in total. The summed E-state index contributed by atoms with van der Waals surface area (Å²) in [5, 5.41) is 11.4. The van der Waals surface area contributed by atoms with Crippen molar-refractivity contribution >= 4 is 5.96 Å². The van der Waals surface area contributed by atoms with Crippen LogP contribution in [0.3, 0.4) is 0 Å². The average molecular weight is 366 g/mol. The first-order chi connectivity index (χ1) is 12.7. The molecule has 0 radical (unpaired) electrons. The molecule has 148 valence electrons. The predicted octanol–water partition coefficient (Wildman–Crippen LogP) is 1.65. The number of nitrogens with zero attached hydrogens (tertiary/aromatic N) is 3. The van der Waals surface area contributed by atoms with E-state index in [1.54, 1.807) is 7.05 Å². The molecule has 0 aliphatic carbocycles. The van der Waals surface area contributed by atoms with Crippen LogP contribution >= 0.6 is 0 Å². The largest absolute Gasteiger partial charge is 0.381 e. The third-order valence-corrected chi connectivity index (χ3v) is 4.82. The van der Waals surface area contributed by atoms with Crippen LogP contribution in [0, 0.1) is 5.92 Å². The maximum Gasteiger partial charge on any atom is 0.191 e. The second-order valence-electron chi connectivity index (χ2n) is 6.71. The quantitative estimate of drug-likeness (QED) is 0.375. The van der Waals surface area contributed by atoms with Crippen molar-refractivity contribution in [3.63, 3.8) is 0 Å². The minimum Gasteiger partial charge on any atom is -0.381 e. The fourth-order valence-corrected chi connectivity index (χ4v) is 3.33. The van der Waals surface area contributed by atoms with Crippen molar-refractivity contribution in [2.75, 3.05) is 40.0 Å². The van der Waals surface area contributed by atoms with Gasteiger partial charge in [0.1, 0.15) is 0 Å². The van der Waals surface area contributed by atoms with Crippen LogP contribution in [-0.2, 0) is 35.9 Å². The molecular weight excluding hydrogens is 330 g/mol. The molecule has 0 saturated carbocycles. The highest BCUT2D eigenvalue weighted by Crippen LogP contribution is 2.15. The number of rotatable bonds is 10. The summed E-state index contributed by atoms with van der Waals surface area (Å²) in [5.41, 5.74) is 3.74. The Balaban J connectivity index is 1.68. The van der Waals surface area contributed by atoms with Crippen LogP contribution in [0.25, 0.3) is 0 Å². The van der Waals surface area contributed by atoms with Gasteiger partial charge in [-0.05, 0) is 25.7 Å². The highest BCUT2D eigenvalue weighted by atomic mass is 16.5. The number of guanidine groups is 1. The maximum atomic E-state index is 5.73. The van der Waals surface area contributed by atoms with E-state index in [1.807, 2.05) is 11.7 Å². The lowest BCUT2D eigenvalue weighted by atomic mass is 10.1. The molecule has 1 aliphatic heterocycles. The van der Waals surface area contributed by atoms with Crippen LogP contribution in [0.5, 0.6) is 0 Å². The molecule has 1 atom stereocenters. The predicted molar refractivity (Wildman–Crippen MR) is 105 cm³/mol. The van der Waals surface area contributed by atoms with Gasteiger partial charge in [0.2, 0.25) is 0 Å². The monoisotopic (exact) mass is 365 g/mol. The zero-order valence-electron chi connectivity index (χ0n) is 16.8. The van der Waals surface area contributed by atoms with Crippen LogP contribution in [0.15, 0.2) is 4.99 Å². The number of ether oxygens (including phenoxy) is 2. The van der Waals surface area contributed by atoms with Crippen LogP contribution in [0.4, 0.5) is 0 Å². The van der Waals surface area contributed by atoms with Crippen molar-refractivity contribution in [3.8, 4) is 0 Å². The lowest BCUT2D eigenvalue weighted by Crippen LogP contribution is -2.37. The molecule has 0 bridgehead atoms. The minimum atomic E-state index is 0.581. The van der Waals surface area contributed by atoms with Gasteiger partial charge in [-0.15, -0.1) is 0 Å². The summed E-state index contributed by atoms with van der Waals surface area (Å²) in [6.07, 6.45) is 4.01. The molecule has 1 saturated heterocycles. The number of hydrogen-bond acceptors (Lipinski definition) is 4. The lowest BCUT2D eigenvalue weighted by Gasteiger charge is -2.13. The van der Waals surface area contributed by atoms with Gasteiger partial charge in [0.05, 0.1) is 18.9 Å². The second kappa shape index (κ2) is 11.2. The number of hydrogen-bond donors (Lipinski definition) is 2. The summed E-state index contributed by atoms with van der Waals surface area (Å²) < 4.78 is 13.1. The van der Waals surface area contributed by atoms with E-state index in [0.717, 1.165) is 76.9 Å². The molecular formula is C19H35N5O2. The SMILES string of the molecule is CCc1nn(C)c(CC)c1CNC(=NC)NCCCOCC1CCOC1. The first-order valence-electron chi connectivity index (χ1n) is 9.83. The summed E-state index contributed by atoms with van der Waals surface area (Å²) in [6, 6.07) is 0. The van der Waals surface area contributed by atoms with Gasteiger partial charge in [-0.1, -0.05) is 13.8 Å². The van der Waals surface area contributed by atoms with Crippen LogP contribution < -0.4 is 10.6 Å². The van der Waals surface area contributed by atoms with Gasteiger partial charge < -0.3 is 20.1 Å². The number of aromatic nitrogens is 2. The minimum absolute atomic E-state index is 0.581. The summed E-state index contributed by atoms with van der Waals surface area (Å²) >= 11 is 0. The Morgan fingerprint density at radius 2 is 2.19 bits per heavy atom. The summed E-state index contributed by atoms with van der Waals surface area (Å²) in [4.78, 5) is 4.31. The van der Waals surface area contributed by atoms with Gasteiger partial charge in [-0.2, -0.15) is 5.10 Å². The Labute approximate surface area is 157 Å². The number of nitrogens with one attached hydrogen (secondary N) is 2. The Hall–Kier alpha value is -1.60. The first kappa shape index (κ1) is 20.7. The van der Waals surface area contributed by atoms with Crippen molar-refractivity contribution in [2.45, 2.75) is 46.1 Å². The zero-order valence-corrected chi connectivity index (χ0v) is 16.8. The van der Waals surface area contributed by atoms with E-state index in [1.165, 1.54) is 11.3 Å². The summed E-state index contributed by atoms with van der Waals surface area (Å²) in [7, 11) is 3.82. The van der Waals surface area contributed by atoms with Crippen LogP contribution in [0.2, 0.25) is 0 Å². The van der Waals surface area contributed by atoms with E-state index in [9.17, 15) is 0 Å². The van der Waals surface area contributed by atoms with E-state index in [2.05, 4.69) is 34.6 Å². The molecule has 2 heterocycles. The smallest absolute Gasteiger partial charge is 0.191 e. The van der Waals surface area contributed by atoms with E-state index < -0.39 is 0 Å². The standard InChI is InChI=1S/C19H35N5O2/c1-5-17-16(18(6-2)24(4)23-17)12-22-19(20-3)21-9-7-10-25-13-15-8-11-26-14-15/h15H,5-14H2,1-4H3,(H2,20,21,22). The maximum absolute atomic E-state index is 5.73. The third kappa shape index (κ3) is 5.99. The van der Waals surface area contributed by atoms with Gasteiger partial charge in [0.15, 0.2) is 5.96 Å². The Bertz CT molecular complexity index is 565. The van der Waals surface area contributed by atoms with Crippen molar-refractivity contribution in [2.24, 2.45) is 18.0 Å². The number of aryl methyl sites for hydroxylation is 2. The fourth-order valence-electron chi connectivity index (χ4n) is 3.33. The lowest BCUT2D eigenvalue weighted by molar-refractivity contribution is 0.0888. The normalized spacial score (nSPS) is 17.7. The summed E-state index contributed by atoms with van der Waals surface area (Å²) in [5.74, 6) is 1.40. The Morgan fingerprint density at radius 3 is 2.85 bits per heavy atom. The van der Waals surface area contributed by atoms with Crippen molar-refractivity contribution in [1.82, 2.24) is 20.4 Å². The first-order valence-corrected chi connectivity index (χ1v) is 9.83. The van der Waals surface area contributed by atoms with Crippen molar-refractivity contribution < 1.29 is 9.47 Å². The Kier molecular flexibility index (Phi) is 8.91. The molecule has 1 fully saturated rings. The van der Waals surface area contributed by atoms with Crippen molar-refractivity contribution in [1.29, 1.82) is 0 Å². The van der Waals surface area contributed by atoms with E-state index in [-0.39, 0.29) is 0 Å².